The molecule has 0 saturated heterocycles. The molecule has 146 valence electrons. The number of sulfonamides is 1. The fourth-order valence-electron chi connectivity index (χ4n) is 3.02. The summed E-state index contributed by atoms with van der Waals surface area (Å²) in [6.07, 6.45) is 4.38. The van der Waals surface area contributed by atoms with Crippen LogP contribution in [0.15, 0.2) is 21.7 Å². The van der Waals surface area contributed by atoms with Crippen molar-refractivity contribution in [1.82, 2.24) is 9.62 Å². The zero-order valence-electron chi connectivity index (χ0n) is 15.1. The normalized spacial score (nSPS) is 16.8. The molecule has 0 unspecified atom stereocenters. The van der Waals surface area contributed by atoms with Crippen molar-refractivity contribution in [3.05, 3.63) is 17.5 Å². The van der Waals surface area contributed by atoms with E-state index < -0.39 is 22.1 Å². The highest BCUT2D eigenvalue weighted by molar-refractivity contribution is 7.91. The van der Waals surface area contributed by atoms with Crippen molar-refractivity contribution in [3.63, 3.8) is 0 Å². The number of ether oxygens (including phenoxy) is 1. The van der Waals surface area contributed by atoms with Crippen molar-refractivity contribution in [2.24, 2.45) is 0 Å². The lowest BCUT2D eigenvalue weighted by atomic mass is 9.94. The Labute approximate surface area is 158 Å². The Morgan fingerprint density at radius 2 is 2.04 bits per heavy atom. The first-order valence-corrected chi connectivity index (χ1v) is 11.2. The lowest BCUT2D eigenvalue weighted by molar-refractivity contribution is -0.159. The van der Waals surface area contributed by atoms with Crippen molar-refractivity contribution in [2.45, 2.75) is 61.8 Å². The number of hydrogen-bond acceptors (Lipinski definition) is 6. The van der Waals surface area contributed by atoms with Gasteiger partial charge in [-0.25, -0.2) is 13.1 Å². The smallest absolute Gasteiger partial charge is 0.307 e. The van der Waals surface area contributed by atoms with Crippen molar-refractivity contribution in [1.29, 1.82) is 0 Å². The second kappa shape index (κ2) is 9.48. The minimum Gasteiger partial charge on any atom is -0.452 e. The number of hydrogen-bond donors (Lipinski definition) is 1. The summed E-state index contributed by atoms with van der Waals surface area (Å²) in [6, 6.07) is 3.34. The van der Waals surface area contributed by atoms with Gasteiger partial charge in [0.1, 0.15) is 4.21 Å². The quantitative estimate of drug-likeness (QED) is 0.673. The maximum atomic E-state index is 12.4. The predicted molar refractivity (Wildman–Crippen MR) is 99.3 cm³/mol. The Hall–Kier alpha value is -1.45. The van der Waals surface area contributed by atoms with Crippen molar-refractivity contribution < 1.29 is 22.7 Å². The number of esters is 1. The molecule has 0 radical (unpaired) electrons. The summed E-state index contributed by atoms with van der Waals surface area (Å²) in [5.74, 6) is -0.818. The van der Waals surface area contributed by atoms with Crippen molar-refractivity contribution in [3.8, 4) is 0 Å². The molecule has 2 rings (SSSR count). The van der Waals surface area contributed by atoms with Gasteiger partial charge in [0.25, 0.3) is 5.91 Å². The molecule has 1 heterocycles. The van der Waals surface area contributed by atoms with Crippen LogP contribution in [0.1, 0.15) is 45.4 Å². The second-order valence-electron chi connectivity index (χ2n) is 6.45. The summed E-state index contributed by atoms with van der Waals surface area (Å²) in [5.41, 5.74) is 0. The van der Waals surface area contributed by atoms with Gasteiger partial charge in [-0.3, -0.25) is 9.59 Å². The molecule has 1 saturated carbocycles. The standard InChI is InChI=1S/C17H26N2O5S2/c1-13(17(21)19(2)14-7-4-3-5-8-14)24-15(20)10-11-18-26(22,23)16-9-6-12-25-16/h6,9,12-14,18H,3-5,7-8,10-11H2,1-2H3/t13-/m0/s1. The molecule has 0 aromatic carbocycles. The molecule has 1 aromatic rings. The molecule has 0 bridgehead atoms. The van der Waals surface area contributed by atoms with Crippen LogP contribution in [0, 0.1) is 0 Å². The van der Waals surface area contributed by atoms with Gasteiger partial charge < -0.3 is 9.64 Å². The summed E-state index contributed by atoms with van der Waals surface area (Å²) >= 11 is 1.10. The maximum Gasteiger partial charge on any atom is 0.307 e. The third kappa shape index (κ3) is 5.78. The summed E-state index contributed by atoms with van der Waals surface area (Å²) in [4.78, 5) is 26.0. The van der Waals surface area contributed by atoms with Gasteiger partial charge in [0.15, 0.2) is 6.10 Å². The highest BCUT2D eigenvalue weighted by Gasteiger charge is 2.27. The van der Waals surface area contributed by atoms with E-state index in [4.69, 9.17) is 4.74 Å². The molecule has 9 heteroatoms. The van der Waals surface area contributed by atoms with Gasteiger partial charge in [-0.15, -0.1) is 11.3 Å². The molecule has 7 nitrogen and oxygen atoms in total. The Bertz CT molecular complexity index is 697. The Balaban J connectivity index is 1.75. The number of carbonyl (C=O) groups excluding carboxylic acids is 2. The lowest BCUT2D eigenvalue weighted by Crippen LogP contribution is -2.44. The molecule has 1 fully saturated rings. The Morgan fingerprint density at radius 3 is 2.65 bits per heavy atom. The summed E-state index contributed by atoms with van der Waals surface area (Å²) < 4.78 is 31.6. The predicted octanol–water partition coefficient (Wildman–Crippen LogP) is 2.14. The number of nitrogens with zero attached hydrogens (tertiary/aromatic N) is 1. The summed E-state index contributed by atoms with van der Waals surface area (Å²) in [7, 11) is -1.85. The van der Waals surface area contributed by atoms with Gasteiger partial charge in [-0.05, 0) is 31.2 Å². The minimum atomic E-state index is -3.60. The van der Waals surface area contributed by atoms with E-state index in [2.05, 4.69) is 4.72 Å². The van der Waals surface area contributed by atoms with Gasteiger partial charge in [0.2, 0.25) is 10.0 Å². The first-order valence-electron chi connectivity index (χ1n) is 8.80. The lowest BCUT2D eigenvalue weighted by Gasteiger charge is -2.32. The van der Waals surface area contributed by atoms with Crippen molar-refractivity contribution in [2.75, 3.05) is 13.6 Å². The largest absolute Gasteiger partial charge is 0.452 e. The zero-order chi connectivity index (χ0) is 19.2. The summed E-state index contributed by atoms with van der Waals surface area (Å²) in [5, 5.41) is 1.67. The van der Waals surface area contributed by atoms with Gasteiger partial charge in [0, 0.05) is 19.6 Å². The SMILES string of the molecule is C[C@H](OC(=O)CCNS(=O)(=O)c1cccs1)C(=O)N(C)C1CCCCC1. The van der Waals surface area contributed by atoms with Crippen LogP contribution in [0.4, 0.5) is 0 Å². The molecule has 1 atom stereocenters. The fourth-order valence-corrected chi connectivity index (χ4v) is 5.09. The monoisotopic (exact) mass is 402 g/mol. The van der Waals surface area contributed by atoms with Gasteiger partial charge >= 0.3 is 5.97 Å². The van der Waals surface area contributed by atoms with E-state index in [9.17, 15) is 18.0 Å². The average molecular weight is 403 g/mol. The molecule has 26 heavy (non-hydrogen) atoms. The number of amides is 1. The van der Waals surface area contributed by atoms with E-state index >= 15 is 0 Å². The van der Waals surface area contributed by atoms with E-state index in [1.165, 1.54) is 12.5 Å². The summed E-state index contributed by atoms with van der Waals surface area (Å²) in [6.45, 7) is 1.48. The van der Waals surface area contributed by atoms with E-state index in [0.717, 1.165) is 37.0 Å². The molecule has 1 amide bonds. The molecule has 0 spiro atoms. The number of rotatable bonds is 8. The van der Waals surface area contributed by atoms with Gasteiger partial charge in [0.05, 0.1) is 6.42 Å². The van der Waals surface area contributed by atoms with E-state index in [0.29, 0.717) is 0 Å². The Morgan fingerprint density at radius 1 is 1.35 bits per heavy atom. The molecule has 1 aliphatic rings. The first kappa shape index (κ1) is 20.9. The molecular formula is C17H26N2O5S2. The van der Waals surface area contributed by atoms with E-state index in [1.54, 1.807) is 30.3 Å². The second-order valence-corrected chi connectivity index (χ2v) is 9.39. The van der Waals surface area contributed by atoms with E-state index in [1.807, 2.05) is 0 Å². The maximum absolute atomic E-state index is 12.4. The molecular weight excluding hydrogens is 376 g/mol. The molecule has 1 N–H and O–H groups in total. The molecule has 1 aromatic heterocycles. The minimum absolute atomic E-state index is 0.0710. The molecule has 1 aliphatic carbocycles. The highest BCUT2D eigenvalue weighted by Crippen LogP contribution is 2.22. The number of likely N-dealkylation sites (N-methyl/N-ethyl adjacent to an activating group) is 1. The molecule has 0 aliphatic heterocycles. The van der Waals surface area contributed by atoms with Crippen LogP contribution in [0.2, 0.25) is 0 Å². The average Bonchev–Trinajstić information content (AvgIpc) is 3.16. The highest BCUT2D eigenvalue weighted by atomic mass is 32.2. The third-order valence-corrected chi connectivity index (χ3v) is 7.37. The van der Waals surface area contributed by atoms with E-state index in [-0.39, 0.29) is 29.1 Å². The van der Waals surface area contributed by atoms with Gasteiger partial charge in [-0.2, -0.15) is 0 Å². The number of carbonyl (C=O) groups is 2. The van der Waals surface area contributed by atoms with Gasteiger partial charge in [-0.1, -0.05) is 25.3 Å². The van der Waals surface area contributed by atoms with Crippen LogP contribution >= 0.6 is 11.3 Å². The number of nitrogens with one attached hydrogen (secondary N) is 1. The third-order valence-electron chi connectivity index (χ3n) is 4.51. The van der Waals surface area contributed by atoms with Crippen LogP contribution in [-0.2, 0) is 24.3 Å². The van der Waals surface area contributed by atoms with Crippen LogP contribution in [-0.4, -0.2) is 50.9 Å². The van der Waals surface area contributed by atoms with Crippen LogP contribution in [0.5, 0.6) is 0 Å². The fraction of sp³-hybridized carbons (Fsp3) is 0.647. The Kier molecular flexibility index (Phi) is 7.60. The topological polar surface area (TPSA) is 92.8 Å². The number of thiophene rings is 1. The van der Waals surface area contributed by atoms with Crippen LogP contribution in [0.25, 0.3) is 0 Å². The van der Waals surface area contributed by atoms with Crippen LogP contribution < -0.4 is 4.72 Å². The van der Waals surface area contributed by atoms with Crippen molar-refractivity contribution >= 4 is 33.2 Å². The first-order chi connectivity index (χ1) is 12.3. The zero-order valence-corrected chi connectivity index (χ0v) is 16.8. The van der Waals surface area contributed by atoms with Crippen LogP contribution in [0.3, 0.4) is 0 Å².